The van der Waals surface area contributed by atoms with Crippen molar-refractivity contribution in [1.82, 2.24) is 9.88 Å². The number of aromatic amines is 1. The Kier molecular flexibility index (Phi) is 4.36. The topological polar surface area (TPSA) is 56.3 Å². The molecule has 0 amide bonds. The van der Waals surface area contributed by atoms with Gasteiger partial charge in [-0.1, -0.05) is 18.2 Å². The van der Waals surface area contributed by atoms with E-state index in [0.717, 1.165) is 48.8 Å². The SMILES string of the molecule is O=c1[nH]c(CCCN2CCC[C@H]2CO)cc2ccccc12. The first-order valence-electron chi connectivity index (χ1n) is 7.74. The van der Waals surface area contributed by atoms with Crippen LogP contribution in [0.1, 0.15) is 25.0 Å². The van der Waals surface area contributed by atoms with Gasteiger partial charge in [0.15, 0.2) is 0 Å². The quantitative estimate of drug-likeness (QED) is 0.883. The number of pyridine rings is 1. The summed E-state index contributed by atoms with van der Waals surface area (Å²) in [7, 11) is 0. The van der Waals surface area contributed by atoms with E-state index < -0.39 is 0 Å². The van der Waals surface area contributed by atoms with E-state index in [-0.39, 0.29) is 12.2 Å². The third-order valence-corrected chi connectivity index (χ3v) is 4.41. The summed E-state index contributed by atoms with van der Waals surface area (Å²) in [6.45, 7) is 2.33. The van der Waals surface area contributed by atoms with E-state index in [2.05, 4.69) is 16.0 Å². The van der Waals surface area contributed by atoms with Crippen molar-refractivity contribution in [3.8, 4) is 0 Å². The number of aliphatic hydroxyl groups is 1. The summed E-state index contributed by atoms with van der Waals surface area (Å²) in [6, 6.07) is 10.1. The minimum atomic E-state index is -0.00231. The van der Waals surface area contributed by atoms with Crippen molar-refractivity contribution in [2.24, 2.45) is 0 Å². The van der Waals surface area contributed by atoms with Gasteiger partial charge in [0.2, 0.25) is 0 Å². The number of hydrogen-bond acceptors (Lipinski definition) is 3. The summed E-state index contributed by atoms with van der Waals surface area (Å²) in [5.74, 6) is 0. The Morgan fingerprint density at radius 3 is 3.05 bits per heavy atom. The molecule has 3 rings (SSSR count). The molecule has 1 aromatic carbocycles. The van der Waals surface area contributed by atoms with Gasteiger partial charge in [-0.25, -0.2) is 0 Å². The van der Waals surface area contributed by atoms with E-state index in [9.17, 15) is 9.90 Å². The summed E-state index contributed by atoms with van der Waals surface area (Å²) < 4.78 is 0. The minimum absolute atomic E-state index is 0.00231. The van der Waals surface area contributed by atoms with E-state index in [0.29, 0.717) is 6.04 Å². The van der Waals surface area contributed by atoms with Crippen molar-refractivity contribution in [2.45, 2.75) is 31.7 Å². The number of likely N-dealkylation sites (tertiary alicyclic amines) is 1. The average Bonchev–Trinajstić information content (AvgIpc) is 2.95. The van der Waals surface area contributed by atoms with Crippen molar-refractivity contribution in [1.29, 1.82) is 0 Å². The number of aromatic nitrogens is 1. The highest BCUT2D eigenvalue weighted by Crippen LogP contribution is 2.17. The van der Waals surface area contributed by atoms with Crippen LogP contribution in [0.2, 0.25) is 0 Å². The van der Waals surface area contributed by atoms with Gasteiger partial charge in [-0.3, -0.25) is 9.69 Å². The molecular weight excluding hydrogens is 264 g/mol. The largest absolute Gasteiger partial charge is 0.395 e. The van der Waals surface area contributed by atoms with Gasteiger partial charge in [-0.05, 0) is 56.3 Å². The number of aliphatic hydroxyl groups excluding tert-OH is 1. The maximum absolute atomic E-state index is 12.0. The lowest BCUT2D eigenvalue weighted by molar-refractivity contribution is 0.158. The second kappa shape index (κ2) is 6.41. The van der Waals surface area contributed by atoms with E-state index in [1.165, 1.54) is 6.42 Å². The van der Waals surface area contributed by atoms with Crippen LogP contribution >= 0.6 is 0 Å². The van der Waals surface area contributed by atoms with Crippen LogP contribution in [0, 0.1) is 0 Å². The molecule has 112 valence electrons. The Morgan fingerprint density at radius 1 is 1.33 bits per heavy atom. The number of H-pyrrole nitrogens is 1. The van der Waals surface area contributed by atoms with Crippen LogP contribution in [-0.4, -0.2) is 40.7 Å². The zero-order valence-electron chi connectivity index (χ0n) is 12.2. The summed E-state index contributed by atoms with van der Waals surface area (Å²) in [6.07, 6.45) is 4.15. The van der Waals surface area contributed by atoms with E-state index in [1.807, 2.05) is 24.3 Å². The molecule has 1 fully saturated rings. The monoisotopic (exact) mass is 286 g/mol. The molecule has 0 saturated carbocycles. The Balaban J connectivity index is 1.64. The van der Waals surface area contributed by atoms with Crippen LogP contribution in [0.15, 0.2) is 35.1 Å². The van der Waals surface area contributed by atoms with Crippen LogP contribution in [-0.2, 0) is 6.42 Å². The first-order chi connectivity index (χ1) is 10.3. The van der Waals surface area contributed by atoms with Crippen molar-refractivity contribution >= 4 is 10.8 Å². The molecule has 4 nitrogen and oxygen atoms in total. The molecule has 1 saturated heterocycles. The molecule has 0 radical (unpaired) electrons. The fraction of sp³-hybridized carbons (Fsp3) is 0.471. The van der Waals surface area contributed by atoms with E-state index in [1.54, 1.807) is 0 Å². The summed E-state index contributed by atoms with van der Waals surface area (Å²) >= 11 is 0. The van der Waals surface area contributed by atoms with Crippen LogP contribution < -0.4 is 5.56 Å². The maximum atomic E-state index is 12.0. The minimum Gasteiger partial charge on any atom is -0.395 e. The Hall–Kier alpha value is -1.65. The molecule has 1 aliphatic rings. The van der Waals surface area contributed by atoms with Gasteiger partial charge in [0, 0.05) is 17.1 Å². The average molecular weight is 286 g/mol. The Labute approximate surface area is 124 Å². The highest BCUT2D eigenvalue weighted by Gasteiger charge is 2.22. The molecule has 0 aliphatic carbocycles. The lowest BCUT2D eigenvalue weighted by Gasteiger charge is -2.22. The number of aryl methyl sites for hydroxylation is 1. The number of nitrogens with zero attached hydrogens (tertiary/aromatic N) is 1. The van der Waals surface area contributed by atoms with Crippen molar-refractivity contribution in [3.63, 3.8) is 0 Å². The second-order valence-electron chi connectivity index (χ2n) is 5.83. The molecular formula is C17H22N2O2. The van der Waals surface area contributed by atoms with Crippen LogP contribution in [0.4, 0.5) is 0 Å². The van der Waals surface area contributed by atoms with E-state index in [4.69, 9.17) is 0 Å². The van der Waals surface area contributed by atoms with Crippen molar-refractivity contribution in [3.05, 3.63) is 46.4 Å². The first-order valence-corrected chi connectivity index (χ1v) is 7.74. The van der Waals surface area contributed by atoms with Gasteiger partial charge in [-0.2, -0.15) is 0 Å². The predicted molar refractivity (Wildman–Crippen MR) is 84.6 cm³/mol. The van der Waals surface area contributed by atoms with Gasteiger partial charge in [0.25, 0.3) is 5.56 Å². The van der Waals surface area contributed by atoms with Crippen LogP contribution in [0.3, 0.4) is 0 Å². The Bertz CT molecular complexity index is 665. The molecule has 2 heterocycles. The smallest absolute Gasteiger partial charge is 0.256 e. The number of rotatable bonds is 5. The van der Waals surface area contributed by atoms with Crippen molar-refractivity contribution in [2.75, 3.05) is 19.7 Å². The van der Waals surface area contributed by atoms with Gasteiger partial charge in [0.05, 0.1) is 6.61 Å². The number of fused-ring (bicyclic) bond motifs is 1. The predicted octanol–water partition coefficient (Wildman–Crippen LogP) is 1.92. The van der Waals surface area contributed by atoms with Gasteiger partial charge < -0.3 is 10.1 Å². The third-order valence-electron chi connectivity index (χ3n) is 4.41. The molecule has 1 aliphatic heterocycles. The van der Waals surface area contributed by atoms with Crippen LogP contribution in [0.25, 0.3) is 10.8 Å². The van der Waals surface area contributed by atoms with Gasteiger partial charge in [-0.15, -0.1) is 0 Å². The lowest BCUT2D eigenvalue weighted by Crippen LogP contribution is -2.33. The molecule has 1 atom stereocenters. The maximum Gasteiger partial charge on any atom is 0.256 e. The Morgan fingerprint density at radius 2 is 2.19 bits per heavy atom. The van der Waals surface area contributed by atoms with Crippen LogP contribution in [0.5, 0.6) is 0 Å². The second-order valence-corrected chi connectivity index (χ2v) is 5.83. The molecule has 0 unspecified atom stereocenters. The molecule has 4 heteroatoms. The van der Waals surface area contributed by atoms with Gasteiger partial charge in [0.1, 0.15) is 0 Å². The number of benzene rings is 1. The molecule has 0 bridgehead atoms. The third kappa shape index (κ3) is 3.17. The normalized spacial score (nSPS) is 19.4. The molecule has 0 spiro atoms. The fourth-order valence-corrected chi connectivity index (χ4v) is 3.27. The van der Waals surface area contributed by atoms with E-state index >= 15 is 0 Å². The highest BCUT2D eigenvalue weighted by molar-refractivity contribution is 5.81. The van der Waals surface area contributed by atoms with Gasteiger partial charge >= 0.3 is 0 Å². The number of hydrogen-bond donors (Lipinski definition) is 2. The zero-order valence-corrected chi connectivity index (χ0v) is 12.2. The number of nitrogens with one attached hydrogen (secondary N) is 1. The summed E-state index contributed by atoms with van der Waals surface area (Å²) in [5.41, 5.74) is 0.996. The zero-order chi connectivity index (χ0) is 14.7. The summed E-state index contributed by atoms with van der Waals surface area (Å²) in [5, 5.41) is 11.1. The summed E-state index contributed by atoms with van der Waals surface area (Å²) in [4.78, 5) is 17.4. The fourth-order valence-electron chi connectivity index (χ4n) is 3.27. The molecule has 2 aromatic rings. The molecule has 21 heavy (non-hydrogen) atoms. The lowest BCUT2D eigenvalue weighted by atomic mass is 10.1. The molecule has 1 aromatic heterocycles. The van der Waals surface area contributed by atoms with Crippen molar-refractivity contribution < 1.29 is 5.11 Å². The first kappa shape index (κ1) is 14.3. The molecule has 2 N–H and O–H groups in total. The highest BCUT2D eigenvalue weighted by atomic mass is 16.3. The standard InChI is InChI=1S/C17H22N2O2/c20-12-15-7-4-10-19(15)9-3-6-14-11-13-5-1-2-8-16(13)17(21)18-14/h1-2,5,8,11,15,20H,3-4,6-7,9-10,12H2,(H,18,21)/t15-/m0/s1.